The summed E-state index contributed by atoms with van der Waals surface area (Å²) in [5, 5.41) is 12.4. The third kappa shape index (κ3) is 6.40. The van der Waals surface area contributed by atoms with Gasteiger partial charge in [-0.15, -0.1) is 0 Å². The molecule has 0 spiro atoms. The summed E-state index contributed by atoms with van der Waals surface area (Å²) in [6, 6.07) is 2.36. The van der Waals surface area contributed by atoms with Crippen molar-refractivity contribution in [3.63, 3.8) is 0 Å². The van der Waals surface area contributed by atoms with Crippen molar-refractivity contribution in [1.82, 2.24) is 5.32 Å². The van der Waals surface area contributed by atoms with E-state index in [1.54, 1.807) is 0 Å². The highest BCUT2D eigenvalue weighted by atomic mass is 14.8. The molecule has 1 N–H and O–H groups in total. The Morgan fingerprint density at radius 3 is 2.44 bits per heavy atom. The molecule has 0 heterocycles. The Kier molecular flexibility index (Phi) is 6.71. The van der Waals surface area contributed by atoms with Crippen molar-refractivity contribution >= 4 is 0 Å². The molecule has 104 valence electrons. The van der Waals surface area contributed by atoms with Crippen LogP contribution in [0.2, 0.25) is 0 Å². The molecule has 0 amide bonds. The zero-order valence-electron chi connectivity index (χ0n) is 12.5. The normalized spacial score (nSPS) is 24.8. The zero-order valence-corrected chi connectivity index (χ0v) is 12.5. The van der Waals surface area contributed by atoms with Gasteiger partial charge in [-0.1, -0.05) is 32.6 Å². The lowest BCUT2D eigenvalue weighted by atomic mass is 9.81. The van der Waals surface area contributed by atoms with Gasteiger partial charge in [-0.2, -0.15) is 5.26 Å². The lowest BCUT2D eigenvalue weighted by molar-refractivity contribution is 0.275. The van der Waals surface area contributed by atoms with Gasteiger partial charge in [0.25, 0.3) is 0 Å². The number of nitrogens with zero attached hydrogens (tertiary/aromatic N) is 1. The van der Waals surface area contributed by atoms with E-state index in [1.165, 1.54) is 32.1 Å². The molecule has 0 bridgehead atoms. The van der Waals surface area contributed by atoms with Gasteiger partial charge in [0.1, 0.15) is 0 Å². The monoisotopic (exact) mass is 250 g/mol. The summed E-state index contributed by atoms with van der Waals surface area (Å²) in [7, 11) is 0. The highest BCUT2D eigenvalue weighted by Crippen LogP contribution is 2.29. The van der Waals surface area contributed by atoms with Crippen LogP contribution in [0, 0.1) is 28.6 Å². The molecule has 1 rings (SSSR count). The largest absolute Gasteiger partial charge is 0.317 e. The molecular weight excluding hydrogens is 220 g/mol. The second-order valence-electron chi connectivity index (χ2n) is 6.76. The highest BCUT2D eigenvalue weighted by molar-refractivity contribution is 4.91. The molecule has 1 saturated carbocycles. The molecule has 1 aliphatic carbocycles. The van der Waals surface area contributed by atoms with E-state index in [0.717, 1.165) is 37.8 Å². The Morgan fingerprint density at radius 2 is 1.83 bits per heavy atom. The fourth-order valence-electron chi connectivity index (χ4n) is 2.76. The summed E-state index contributed by atoms with van der Waals surface area (Å²) in [6.07, 6.45) is 9.19. The number of nitrogens with one attached hydrogen (secondary N) is 1. The van der Waals surface area contributed by atoms with Crippen LogP contribution in [-0.2, 0) is 0 Å². The van der Waals surface area contributed by atoms with E-state index in [-0.39, 0.29) is 5.41 Å². The molecule has 1 fully saturated rings. The Hall–Kier alpha value is -0.550. The second-order valence-corrected chi connectivity index (χ2v) is 6.76. The standard InChI is InChI=1S/C16H30N2/c1-14-5-7-15(8-6-14)9-12-18-11-4-10-16(2,3)13-17/h14-15,18H,4-12H2,1-3H3. The topological polar surface area (TPSA) is 35.8 Å². The first-order valence-corrected chi connectivity index (χ1v) is 7.65. The van der Waals surface area contributed by atoms with E-state index in [1.807, 2.05) is 13.8 Å². The minimum atomic E-state index is -0.152. The van der Waals surface area contributed by atoms with Gasteiger partial charge in [0.15, 0.2) is 0 Å². The minimum Gasteiger partial charge on any atom is -0.317 e. The van der Waals surface area contributed by atoms with Gasteiger partial charge >= 0.3 is 0 Å². The van der Waals surface area contributed by atoms with Crippen LogP contribution in [0.1, 0.15) is 65.7 Å². The summed E-state index contributed by atoms with van der Waals surface area (Å²) < 4.78 is 0. The van der Waals surface area contributed by atoms with Gasteiger partial charge < -0.3 is 5.32 Å². The fraction of sp³-hybridized carbons (Fsp3) is 0.938. The molecule has 0 saturated heterocycles. The number of rotatable bonds is 7. The smallest absolute Gasteiger partial charge is 0.0683 e. The quantitative estimate of drug-likeness (QED) is 0.690. The van der Waals surface area contributed by atoms with Crippen molar-refractivity contribution in [1.29, 1.82) is 5.26 Å². The van der Waals surface area contributed by atoms with Gasteiger partial charge in [0.2, 0.25) is 0 Å². The molecule has 2 nitrogen and oxygen atoms in total. The maximum atomic E-state index is 8.92. The van der Waals surface area contributed by atoms with E-state index in [9.17, 15) is 0 Å². The number of hydrogen-bond donors (Lipinski definition) is 1. The number of nitriles is 1. The molecule has 18 heavy (non-hydrogen) atoms. The average Bonchev–Trinajstić information content (AvgIpc) is 2.36. The van der Waals surface area contributed by atoms with E-state index in [2.05, 4.69) is 18.3 Å². The molecule has 0 aromatic rings. The van der Waals surface area contributed by atoms with Gasteiger partial charge in [-0.3, -0.25) is 0 Å². The molecule has 0 aromatic carbocycles. The first-order valence-electron chi connectivity index (χ1n) is 7.65. The molecule has 0 unspecified atom stereocenters. The van der Waals surface area contributed by atoms with Crippen molar-refractivity contribution in [2.75, 3.05) is 13.1 Å². The maximum Gasteiger partial charge on any atom is 0.0683 e. The Balaban J connectivity index is 1.95. The van der Waals surface area contributed by atoms with Crippen molar-refractivity contribution in [2.24, 2.45) is 17.3 Å². The fourth-order valence-corrected chi connectivity index (χ4v) is 2.76. The zero-order chi connectivity index (χ0) is 13.4. The van der Waals surface area contributed by atoms with Crippen LogP contribution in [0.5, 0.6) is 0 Å². The van der Waals surface area contributed by atoms with Crippen LogP contribution in [0.4, 0.5) is 0 Å². The van der Waals surface area contributed by atoms with Crippen LogP contribution in [0.15, 0.2) is 0 Å². The lowest BCUT2D eigenvalue weighted by Gasteiger charge is -2.26. The van der Waals surface area contributed by atoms with Crippen LogP contribution >= 0.6 is 0 Å². The molecular formula is C16H30N2. The SMILES string of the molecule is CC1CCC(CCNCCCC(C)(C)C#N)CC1. The van der Waals surface area contributed by atoms with Crippen LogP contribution in [0.3, 0.4) is 0 Å². The molecule has 2 heteroatoms. The third-order valence-corrected chi connectivity index (χ3v) is 4.32. The van der Waals surface area contributed by atoms with E-state index < -0.39 is 0 Å². The second kappa shape index (κ2) is 7.79. The minimum absolute atomic E-state index is 0.152. The van der Waals surface area contributed by atoms with Crippen molar-refractivity contribution < 1.29 is 0 Å². The molecule has 0 aromatic heterocycles. The predicted molar refractivity (Wildman–Crippen MR) is 77.2 cm³/mol. The third-order valence-electron chi connectivity index (χ3n) is 4.32. The van der Waals surface area contributed by atoms with E-state index >= 15 is 0 Å². The van der Waals surface area contributed by atoms with Crippen LogP contribution < -0.4 is 5.32 Å². The maximum absolute atomic E-state index is 8.92. The van der Waals surface area contributed by atoms with Gasteiger partial charge in [0, 0.05) is 0 Å². The van der Waals surface area contributed by atoms with Crippen molar-refractivity contribution in [3.8, 4) is 6.07 Å². The lowest BCUT2D eigenvalue weighted by Crippen LogP contribution is -2.22. The molecule has 0 radical (unpaired) electrons. The molecule has 1 aliphatic rings. The number of hydrogen-bond acceptors (Lipinski definition) is 2. The Labute approximate surface area is 113 Å². The average molecular weight is 250 g/mol. The van der Waals surface area contributed by atoms with Crippen LogP contribution in [0.25, 0.3) is 0 Å². The van der Waals surface area contributed by atoms with E-state index in [4.69, 9.17) is 5.26 Å². The van der Waals surface area contributed by atoms with Crippen LogP contribution in [-0.4, -0.2) is 13.1 Å². The predicted octanol–water partition coefficient (Wildman–Crippen LogP) is 4.12. The Morgan fingerprint density at radius 1 is 1.17 bits per heavy atom. The van der Waals surface area contributed by atoms with Gasteiger partial charge in [-0.05, 0) is 58.0 Å². The highest BCUT2D eigenvalue weighted by Gasteiger charge is 2.18. The Bertz CT molecular complexity index is 257. The summed E-state index contributed by atoms with van der Waals surface area (Å²) in [6.45, 7) is 8.65. The van der Waals surface area contributed by atoms with E-state index in [0.29, 0.717) is 0 Å². The summed E-state index contributed by atoms with van der Waals surface area (Å²) in [4.78, 5) is 0. The first kappa shape index (κ1) is 15.5. The first-order chi connectivity index (χ1) is 8.53. The summed E-state index contributed by atoms with van der Waals surface area (Å²) in [5.74, 6) is 1.92. The molecule has 0 atom stereocenters. The van der Waals surface area contributed by atoms with Crippen molar-refractivity contribution in [2.45, 2.75) is 65.7 Å². The van der Waals surface area contributed by atoms with Crippen molar-refractivity contribution in [3.05, 3.63) is 0 Å². The summed E-state index contributed by atoms with van der Waals surface area (Å²) in [5.41, 5.74) is -0.152. The summed E-state index contributed by atoms with van der Waals surface area (Å²) >= 11 is 0. The molecule has 0 aliphatic heterocycles. The van der Waals surface area contributed by atoms with Gasteiger partial charge in [0.05, 0.1) is 11.5 Å². The van der Waals surface area contributed by atoms with Gasteiger partial charge in [-0.25, -0.2) is 0 Å².